The molecule has 0 saturated carbocycles. The van der Waals surface area contributed by atoms with Gasteiger partial charge in [-0.15, -0.1) is 0 Å². The second-order valence-electron chi connectivity index (χ2n) is 14.4. The topological polar surface area (TPSA) is 69.9 Å². The third kappa shape index (κ3) is 4.94. The second kappa shape index (κ2) is 12.3. The zero-order chi connectivity index (χ0) is 37.5. The van der Waals surface area contributed by atoms with E-state index in [1.807, 2.05) is 66.7 Å². The molecule has 12 aromatic rings. The van der Waals surface area contributed by atoms with Crippen LogP contribution in [0.2, 0.25) is 0 Å². The number of benzene rings is 8. The Kier molecular flexibility index (Phi) is 6.83. The van der Waals surface area contributed by atoms with E-state index in [4.69, 9.17) is 23.8 Å². The Morgan fingerprint density at radius 3 is 1.44 bits per heavy atom. The molecular formula is C51H30N4O2. The highest BCUT2D eigenvalue weighted by atomic mass is 16.3. The number of hydrogen-bond donors (Lipinski definition) is 0. The molecule has 0 N–H and O–H groups in total. The van der Waals surface area contributed by atoms with Crippen molar-refractivity contribution in [2.75, 3.05) is 0 Å². The number of furan rings is 2. The van der Waals surface area contributed by atoms with Crippen LogP contribution in [-0.2, 0) is 0 Å². The standard InChI is InChI=1S/C51H30N4O2/c1-3-13-31(14-4-1)35-19-11-23-43-47(35)38-27-25-33(29-45(38)56-43)50-52-49(32-15-5-2-6-16-32)53-51(54-50)34-26-28-39-46(30-34)57-44-24-12-22-42(48(39)44)55-40-20-9-7-17-36(40)37-18-8-10-21-41(37)55/h1-30H. The van der Waals surface area contributed by atoms with Crippen LogP contribution in [0.5, 0.6) is 0 Å². The highest BCUT2D eigenvalue weighted by Gasteiger charge is 2.20. The van der Waals surface area contributed by atoms with Crippen LogP contribution >= 0.6 is 0 Å². The van der Waals surface area contributed by atoms with Crippen molar-refractivity contribution >= 4 is 65.7 Å². The van der Waals surface area contributed by atoms with Gasteiger partial charge in [-0.25, -0.2) is 15.0 Å². The number of aromatic nitrogens is 4. The van der Waals surface area contributed by atoms with Crippen LogP contribution in [0.4, 0.5) is 0 Å². The number of hydrogen-bond acceptors (Lipinski definition) is 5. The zero-order valence-corrected chi connectivity index (χ0v) is 30.4. The van der Waals surface area contributed by atoms with Gasteiger partial charge in [0.1, 0.15) is 22.3 Å². The van der Waals surface area contributed by atoms with Gasteiger partial charge in [-0.05, 0) is 65.7 Å². The van der Waals surface area contributed by atoms with Crippen LogP contribution in [-0.4, -0.2) is 19.5 Å². The molecule has 0 saturated heterocycles. The Morgan fingerprint density at radius 1 is 0.333 bits per heavy atom. The van der Waals surface area contributed by atoms with Crippen LogP contribution in [0.25, 0.3) is 117 Å². The minimum Gasteiger partial charge on any atom is -0.456 e. The lowest BCUT2D eigenvalue weighted by Crippen LogP contribution is -2.00. The van der Waals surface area contributed by atoms with Gasteiger partial charge in [-0.1, -0.05) is 127 Å². The summed E-state index contributed by atoms with van der Waals surface area (Å²) in [6.07, 6.45) is 0. The summed E-state index contributed by atoms with van der Waals surface area (Å²) < 4.78 is 15.5. The molecular weight excluding hydrogens is 701 g/mol. The number of para-hydroxylation sites is 2. The molecule has 0 bridgehead atoms. The maximum Gasteiger partial charge on any atom is 0.164 e. The summed E-state index contributed by atoms with van der Waals surface area (Å²) in [6.45, 7) is 0. The molecule has 12 rings (SSSR count). The smallest absolute Gasteiger partial charge is 0.164 e. The predicted octanol–water partition coefficient (Wildman–Crippen LogP) is 13.4. The molecule has 0 atom stereocenters. The molecule has 6 heteroatoms. The average molecular weight is 731 g/mol. The Bertz CT molecular complexity index is 3470. The van der Waals surface area contributed by atoms with Crippen LogP contribution in [0.1, 0.15) is 0 Å². The van der Waals surface area contributed by atoms with Crippen molar-refractivity contribution in [1.82, 2.24) is 19.5 Å². The number of nitrogens with zero attached hydrogens (tertiary/aromatic N) is 4. The molecule has 57 heavy (non-hydrogen) atoms. The van der Waals surface area contributed by atoms with Crippen LogP contribution in [0.15, 0.2) is 191 Å². The highest BCUT2D eigenvalue weighted by Crippen LogP contribution is 2.41. The quantitative estimate of drug-likeness (QED) is 0.176. The largest absolute Gasteiger partial charge is 0.456 e. The highest BCUT2D eigenvalue weighted by molar-refractivity contribution is 6.15. The summed E-state index contributed by atoms with van der Waals surface area (Å²) >= 11 is 0. The molecule has 0 amide bonds. The number of fused-ring (bicyclic) bond motifs is 9. The van der Waals surface area contributed by atoms with Gasteiger partial charge in [0.15, 0.2) is 17.5 Å². The minimum atomic E-state index is 0.555. The van der Waals surface area contributed by atoms with E-state index in [1.54, 1.807) is 0 Å². The lowest BCUT2D eigenvalue weighted by molar-refractivity contribution is 0.668. The van der Waals surface area contributed by atoms with Gasteiger partial charge in [0, 0.05) is 43.6 Å². The second-order valence-corrected chi connectivity index (χ2v) is 14.4. The lowest BCUT2D eigenvalue weighted by Gasteiger charge is -2.10. The van der Waals surface area contributed by atoms with Crippen LogP contribution in [0.3, 0.4) is 0 Å². The van der Waals surface area contributed by atoms with E-state index in [9.17, 15) is 0 Å². The van der Waals surface area contributed by atoms with Gasteiger partial charge in [0.05, 0.1) is 22.1 Å². The van der Waals surface area contributed by atoms with E-state index in [-0.39, 0.29) is 0 Å². The van der Waals surface area contributed by atoms with Crippen LogP contribution in [0, 0.1) is 0 Å². The third-order valence-electron chi connectivity index (χ3n) is 11.1. The first-order valence-electron chi connectivity index (χ1n) is 19.0. The first-order valence-corrected chi connectivity index (χ1v) is 19.0. The van der Waals surface area contributed by atoms with E-state index in [0.717, 1.165) is 88.4 Å². The first-order chi connectivity index (χ1) is 28.2. The van der Waals surface area contributed by atoms with Gasteiger partial charge in [0.2, 0.25) is 0 Å². The van der Waals surface area contributed by atoms with E-state index >= 15 is 0 Å². The fourth-order valence-electron chi connectivity index (χ4n) is 8.49. The molecule has 4 aromatic heterocycles. The number of rotatable bonds is 5. The summed E-state index contributed by atoms with van der Waals surface area (Å²) in [4.78, 5) is 15.2. The van der Waals surface area contributed by atoms with Gasteiger partial charge in [-0.2, -0.15) is 0 Å². The van der Waals surface area contributed by atoms with Crippen molar-refractivity contribution in [3.63, 3.8) is 0 Å². The average Bonchev–Trinajstić information content (AvgIpc) is 3.96. The maximum atomic E-state index is 6.63. The molecule has 0 aliphatic heterocycles. The van der Waals surface area contributed by atoms with Crippen molar-refractivity contribution in [3.8, 4) is 51.0 Å². The fraction of sp³-hybridized carbons (Fsp3) is 0. The normalized spacial score (nSPS) is 11.9. The molecule has 8 aromatic carbocycles. The van der Waals surface area contributed by atoms with Gasteiger partial charge >= 0.3 is 0 Å². The summed E-state index contributed by atoms with van der Waals surface area (Å²) in [6, 6.07) is 62.6. The van der Waals surface area contributed by atoms with Crippen molar-refractivity contribution in [1.29, 1.82) is 0 Å². The SMILES string of the molecule is c1ccc(-c2nc(-c3ccc4c(c3)oc3cccc(-c5ccccc5)c34)nc(-c3ccc4c(c3)oc3cccc(-n5c6ccccc6c6ccccc65)c34)n2)cc1. The third-order valence-corrected chi connectivity index (χ3v) is 11.1. The minimum absolute atomic E-state index is 0.555. The molecule has 0 unspecified atom stereocenters. The molecule has 0 spiro atoms. The van der Waals surface area contributed by atoms with E-state index in [1.165, 1.54) is 10.8 Å². The van der Waals surface area contributed by atoms with Gasteiger partial charge in [-0.3, -0.25) is 0 Å². The molecule has 0 fully saturated rings. The Labute approximate surface area is 325 Å². The first kappa shape index (κ1) is 31.5. The molecule has 0 radical (unpaired) electrons. The summed E-state index contributed by atoms with van der Waals surface area (Å²) in [5.41, 5.74) is 11.4. The Morgan fingerprint density at radius 2 is 0.825 bits per heavy atom. The van der Waals surface area contributed by atoms with E-state index < -0.39 is 0 Å². The van der Waals surface area contributed by atoms with Crippen molar-refractivity contribution in [3.05, 3.63) is 182 Å². The maximum absolute atomic E-state index is 6.63. The fourth-order valence-corrected chi connectivity index (χ4v) is 8.49. The van der Waals surface area contributed by atoms with Gasteiger partial charge in [0.25, 0.3) is 0 Å². The Hall–Kier alpha value is -7.83. The van der Waals surface area contributed by atoms with Crippen molar-refractivity contribution < 1.29 is 8.83 Å². The summed E-state index contributed by atoms with van der Waals surface area (Å²) in [5.74, 6) is 1.70. The van der Waals surface area contributed by atoms with E-state index in [0.29, 0.717) is 17.5 Å². The molecule has 0 aliphatic carbocycles. The van der Waals surface area contributed by atoms with Crippen molar-refractivity contribution in [2.24, 2.45) is 0 Å². The molecule has 6 nitrogen and oxygen atoms in total. The summed E-state index contributed by atoms with van der Waals surface area (Å²) in [7, 11) is 0. The van der Waals surface area contributed by atoms with Crippen LogP contribution < -0.4 is 0 Å². The molecule has 4 heterocycles. The molecule has 0 aliphatic rings. The monoisotopic (exact) mass is 730 g/mol. The van der Waals surface area contributed by atoms with E-state index in [2.05, 4.69) is 120 Å². The Balaban J connectivity index is 1.02. The van der Waals surface area contributed by atoms with Crippen molar-refractivity contribution in [2.45, 2.75) is 0 Å². The van der Waals surface area contributed by atoms with Gasteiger partial charge < -0.3 is 13.4 Å². The zero-order valence-electron chi connectivity index (χ0n) is 30.4. The summed E-state index contributed by atoms with van der Waals surface area (Å²) in [5, 5.41) is 6.65. The molecule has 266 valence electrons. The lowest BCUT2D eigenvalue weighted by atomic mass is 9.99. The predicted molar refractivity (Wildman–Crippen MR) is 230 cm³/mol.